The molecule has 2 unspecified atom stereocenters. The van der Waals surface area contributed by atoms with Crippen LogP contribution in [0.15, 0.2) is 18.2 Å². The van der Waals surface area contributed by atoms with Gasteiger partial charge in [0.2, 0.25) is 0 Å². The maximum atomic E-state index is 12.0. The van der Waals surface area contributed by atoms with E-state index in [1.165, 1.54) is 6.42 Å². The van der Waals surface area contributed by atoms with Crippen LogP contribution in [0.2, 0.25) is 0 Å². The summed E-state index contributed by atoms with van der Waals surface area (Å²) in [7, 11) is 0. The number of hydrogen-bond donors (Lipinski definition) is 2. The summed E-state index contributed by atoms with van der Waals surface area (Å²) in [6.07, 6.45) is 4.41. The zero-order valence-electron chi connectivity index (χ0n) is 13.0. The third-order valence-electron chi connectivity index (χ3n) is 4.26. The number of amides is 2. The zero-order chi connectivity index (χ0) is 15.4. The third-order valence-corrected chi connectivity index (χ3v) is 4.26. The Morgan fingerprint density at radius 3 is 2.48 bits per heavy atom. The van der Waals surface area contributed by atoms with Crippen molar-refractivity contribution in [3.8, 4) is 0 Å². The van der Waals surface area contributed by atoms with E-state index in [0.717, 1.165) is 30.4 Å². The van der Waals surface area contributed by atoms with Crippen LogP contribution >= 0.6 is 0 Å². The van der Waals surface area contributed by atoms with Crippen molar-refractivity contribution in [2.75, 3.05) is 5.32 Å². The molecule has 1 fully saturated rings. The van der Waals surface area contributed by atoms with E-state index in [1.807, 2.05) is 32.0 Å². The smallest absolute Gasteiger partial charge is 0.313 e. The number of nitrogens with one attached hydrogen (secondary N) is 2. The monoisotopic (exact) mass is 288 g/mol. The van der Waals surface area contributed by atoms with Gasteiger partial charge in [-0.05, 0) is 44.2 Å². The van der Waals surface area contributed by atoms with Crippen molar-refractivity contribution >= 4 is 17.5 Å². The van der Waals surface area contributed by atoms with Gasteiger partial charge in [-0.1, -0.05) is 37.5 Å². The first kappa shape index (κ1) is 15.5. The lowest BCUT2D eigenvalue weighted by molar-refractivity contribution is -0.137. The molecule has 2 rings (SSSR count). The minimum atomic E-state index is -0.584. The first-order chi connectivity index (χ1) is 9.97. The molecule has 0 aromatic heterocycles. The summed E-state index contributed by atoms with van der Waals surface area (Å²) in [6.45, 7) is 6.05. The lowest BCUT2D eigenvalue weighted by Gasteiger charge is -2.29. The van der Waals surface area contributed by atoms with Gasteiger partial charge in [-0.3, -0.25) is 9.59 Å². The number of carbonyl (C=O) groups is 2. The molecule has 21 heavy (non-hydrogen) atoms. The lowest BCUT2D eigenvalue weighted by atomic mass is 9.86. The summed E-state index contributed by atoms with van der Waals surface area (Å²) in [4.78, 5) is 24.0. The number of anilines is 1. The van der Waals surface area contributed by atoms with Crippen LogP contribution in [-0.4, -0.2) is 17.9 Å². The quantitative estimate of drug-likeness (QED) is 0.822. The van der Waals surface area contributed by atoms with Crippen molar-refractivity contribution in [2.24, 2.45) is 5.92 Å². The molecule has 0 heterocycles. The van der Waals surface area contributed by atoms with Crippen LogP contribution in [0.25, 0.3) is 0 Å². The van der Waals surface area contributed by atoms with Crippen LogP contribution in [0, 0.1) is 19.8 Å². The van der Waals surface area contributed by atoms with Gasteiger partial charge in [0.1, 0.15) is 0 Å². The first-order valence-electron chi connectivity index (χ1n) is 7.66. The molecule has 0 spiro atoms. The van der Waals surface area contributed by atoms with Crippen LogP contribution in [-0.2, 0) is 9.59 Å². The molecule has 1 aromatic rings. The van der Waals surface area contributed by atoms with E-state index in [2.05, 4.69) is 17.6 Å². The van der Waals surface area contributed by atoms with E-state index >= 15 is 0 Å². The van der Waals surface area contributed by atoms with Gasteiger partial charge in [-0.25, -0.2) is 0 Å². The maximum absolute atomic E-state index is 12.0. The van der Waals surface area contributed by atoms with Gasteiger partial charge in [0.05, 0.1) is 0 Å². The maximum Gasteiger partial charge on any atom is 0.313 e. The van der Waals surface area contributed by atoms with Crippen molar-refractivity contribution < 1.29 is 9.59 Å². The van der Waals surface area contributed by atoms with Crippen molar-refractivity contribution in [2.45, 2.75) is 52.5 Å². The van der Waals surface area contributed by atoms with Crippen LogP contribution in [0.3, 0.4) is 0 Å². The lowest BCUT2D eigenvalue weighted by Crippen LogP contribution is -2.45. The second kappa shape index (κ2) is 6.74. The summed E-state index contributed by atoms with van der Waals surface area (Å²) in [5.41, 5.74) is 2.78. The second-order valence-corrected chi connectivity index (χ2v) is 6.11. The second-order valence-electron chi connectivity index (χ2n) is 6.11. The van der Waals surface area contributed by atoms with Gasteiger partial charge in [-0.15, -0.1) is 0 Å². The fraction of sp³-hybridized carbons (Fsp3) is 0.529. The van der Waals surface area contributed by atoms with E-state index in [-0.39, 0.29) is 6.04 Å². The Kier molecular flexibility index (Phi) is 4.99. The molecule has 0 radical (unpaired) electrons. The molecule has 1 saturated carbocycles. The fourth-order valence-electron chi connectivity index (χ4n) is 2.90. The number of benzene rings is 1. The largest absolute Gasteiger partial charge is 0.345 e. The molecule has 2 N–H and O–H groups in total. The molecule has 2 amide bonds. The molecule has 1 aromatic carbocycles. The molecule has 0 bridgehead atoms. The molecule has 0 saturated heterocycles. The highest BCUT2D eigenvalue weighted by Gasteiger charge is 2.25. The van der Waals surface area contributed by atoms with Crippen LogP contribution in [0.5, 0.6) is 0 Å². The van der Waals surface area contributed by atoms with Crippen molar-refractivity contribution in [1.29, 1.82) is 0 Å². The molecular formula is C17H24N2O2. The van der Waals surface area contributed by atoms with Gasteiger partial charge in [-0.2, -0.15) is 0 Å². The van der Waals surface area contributed by atoms with Crippen LogP contribution in [0.4, 0.5) is 5.69 Å². The highest BCUT2D eigenvalue weighted by atomic mass is 16.2. The van der Waals surface area contributed by atoms with Gasteiger partial charge >= 0.3 is 11.8 Å². The normalized spacial score (nSPS) is 21.7. The number of aryl methyl sites for hydroxylation is 2. The van der Waals surface area contributed by atoms with Gasteiger partial charge in [0.15, 0.2) is 0 Å². The van der Waals surface area contributed by atoms with Crippen molar-refractivity contribution in [3.63, 3.8) is 0 Å². The van der Waals surface area contributed by atoms with Gasteiger partial charge in [0.25, 0.3) is 0 Å². The van der Waals surface area contributed by atoms with E-state index in [0.29, 0.717) is 11.6 Å². The molecule has 114 valence electrons. The predicted octanol–water partition coefficient (Wildman–Crippen LogP) is 2.94. The summed E-state index contributed by atoms with van der Waals surface area (Å²) < 4.78 is 0. The minimum absolute atomic E-state index is 0.121. The fourth-order valence-corrected chi connectivity index (χ4v) is 2.90. The van der Waals surface area contributed by atoms with Crippen molar-refractivity contribution in [1.82, 2.24) is 5.32 Å². The topological polar surface area (TPSA) is 58.2 Å². The predicted molar refractivity (Wildman–Crippen MR) is 84.1 cm³/mol. The zero-order valence-corrected chi connectivity index (χ0v) is 13.0. The Bertz CT molecular complexity index is 540. The Morgan fingerprint density at radius 2 is 1.81 bits per heavy atom. The summed E-state index contributed by atoms with van der Waals surface area (Å²) in [5.74, 6) is -0.676. The minimum Gasteiger partial charge on any atom is -0.345 e. The van der Waals surface area contributed by atoms with Crippen LogP contribution < -0.4 is 10.6 Å². The molecule has 2 atom stereocenters. The summed E-state index contributed by atoms with van der Waals surface area (Å²) >= 11 is 0. The third kappa shape index (κ3) is 4.06. The average Bonchev–Trinajstić information content (AvgIpc) is 2.44. The Labute approximate surface area is 126 Å². The highest BCUT2D eigenvalue weighted by molar-refractivity contribution is 6.39. The van der Waals surface area contributed by atoms with E-state index in [9.17, 15) is 9.59 Å². The molecule has 4 nitrogen and oxygen atoms in total. The number of carbonyl (C=O) groups excluding carboxylic acids is 2. The van der Waals surface area contributed by atoms with E-state index in [4.69, 9.17) is 0 Å². The Balaban J connectivity index is 1.94. The van der Waals surface area contributed by atoms with E-state index < -0.39 is 11.8 Å². The Hall–Kier alpha value is -1.84. The molecule has 1 aliphatic rings. The highest BCUT2D eigenvalue weighted by Crippen LogP contribution is 2.23. The molecule has 0 aliphatic heterocycles. The van der Waals surface area contributed by atoms with Crippen LogP contribution in [0.1, 0.15) is 43.7 Å². The molecule has 4 heteroatoms. The number of hydrogen-bond acceptors (Lipinski definition) is 2. The number of rotatable bonds is 2. The summed E-state index contributed by atoms with van der Waals surface area (Å²) in [6, 6.07) is 5.86. The molecular weight excluding hydrogens is 264 g/mol. The summed E-state index contributed by atoms with van der Waals surface area (Å²) in [5, 5.41) is 5.56. The van der Waals surface area contributed by atoms with Gasteiger partial charge in [0, 0.05) is 11.7 Å². The standard InChI is InChI=1S/C17H24N2O2/c1-11-8-9-15(13(3)10-11)19-17(21)16(20)18-14-7-5-4-6-12(14)2/h8-10,12,14H,4-7H2,1-3H3,(H,18,20)(H,19,21). The van der Waals surface area contributed by atoms with E-state index in [1.54, 1.807) is 0 Å². The first-order valence-corrected chi connectivity index (χ1v) is 7.66. The van der Waals surface area contributed by atoms with Gasteiger partial charge < -0.3 is 10.6 Å². The molecule has 1 aliphatic carbocycles. The van der Waals surface area contributed by atoms with Crippen molar-refractivity contribution in [3.05, 3.63) is 29.3 Å². The average molecular weight is 288 g/mol. The Morgan fingerprint density at radius 1 is 1.10 bits per heavy atom. The SMILES string of the molecule is Cc1ccc(NC(=O)C(=O)NC2CCCCC2C)c(C)c1.